The van der Waals surface area contributed by atoms with E-state index in [0.29, 0.717) is 5.69 Å². The van der Waals surface area contributed by atoms with Crippen LogP contribution in [-0.4, -0.2) is 10.1 Å². The van der Waals surface area contributed by atoms with Gasteiger partial charge in [0.1, 0.15) is 0 Å². The van der Waals surface area contributed by atoms with Gasteiger partial charge < -0.3 is 15.8 Å². The van der Waals surface area contributed by atoms with Crippen LogP contribution < -0.4 is 5.73 Å². The third kappa shape index (κ3) is 1.13. The lowest BCUT2D eigenvalue weighted by atomic mass is 10.1. The summed E-state index contributed by atoms with van der Waals surface area (Å²) >= 11 is 0. The number of aromatic amines is 1. The van der Waals surface area contributed by atoms with Crippen LogP contribution in [0, 0.1) is 0 Å². The Kier molecular flexibility index (Phi) is 1.65. The van der Waals surface area contributed by atoms with Gasteiger partial charge in [0.15, 0.2) is 5.88 Å². The van der Waals surface area contributed by atoms with Crippen molar-refractivity contribution in [2.45, 2.75) is 13.3 Å². The normalized spacial score (nSPS) is 10.8. The minimum atomic E-state index is 0.253. The van der Waals surface area contributed by atoms with Gasteiger partial charge in [-0.3, -0.25) is 0 Å². The number of hydrogen-bond donors (Lipinski definition) is 3. The molecule has 0 fully saturated rings. The standard InChI is InChI=1S/C10H12N2O/c1-2-7-8-4-3-6(11)5-9(8)12-10(7)13/h3-5,12-13H,2,11H2,1H3. The maximum Gasteiger partial charge on any atom is 0.192 e. The second kappa shape index (κ2) is 2.69. The summed E-state index contributed by atoms with van der Waals surface area (Å²) in [5.41, 5.74) is 8.18. The summed E-state index contributed by atoms with van der Waals surface area (Å²) < 4.78 is 0. The molecule has 2 rings (SSSR count). The van der Waals surface area contributed by atoms with E-state index in [4.69, 9.17) is 5.73 Å². The predicted octanol–water partition coefficient (Wildman–Crippen LogP) is 2.02. The summed E-state index contributed by atoms with van der Waals surface area (Å²) in [6.45, 7) is 2.01. The highest BCUT2D eigenvalue weighted by molar-refractivity contribution is 5.88. The van der Waals surface area contributed by atoms with Gasteiger partial charge in [0, 0.05) is 16.6 Å². The highest BCUT2D eigenvalue weighted by atomic mass is 16.3. The number of aryl methyl sites for hydroxylation is 1. The molecule has 0 radical (unpaired) electrons. The van der Waals surface area contributed by atoms with Gasteiger partial charge in [0.25, 0.3) is 0 Å². The molecule has 0 bridgehead atoms. The molecule has 0 unspecified atom stereocenters. The number of benzene rings is 1. The number of nitrogens with one attached hydrogen (secondary N) is 1. The van der Waals surface area contributed by atoms with Crippen LogP contribution in [-0.2, 0) is 6.42 Å². The van der Waals surface area contributed by atoms with Crippen LogP contribution in [0.2, 0.25) is 0 Å². The second-order valence-corrected chi connectivity index (χ2v) is 3.11. The number of nitrogen functional groups attached to an aromatic ring is 1. The SMILES string of the molecule is CCc1c(O)[nH]c2cc(N)ccc12. The molecule has 68 valence electrons. The van der Waals surface area contributed by atoms with Crippen molar-refractivity contribution in [1.29, 1.82) is 0 Å². The number of fused-ring (bicyclic) bond motifs is 1. The topological polar surface area (TPSA) is 62.0 Å². The van der Waals surface area contributed by atoms with E-state index in [1.165, 1.54) is 0 Å². The zero-order chi connectivity index (χ0) is 9.42. The van der Waals surface area contributed by atoms with E-state index in [1.54, 1.807) is 0 Å². The molecule has 1 aromatic heterocycles. The van der Waals surface area contributed by atoms with Gasteiger partial charge in [-0.25, -0.2) is 0 Å². The van der Waals surface area contributed by atoms with Gasteiger partial charge in [-0.1, -0.05) is 13.0 Å². The number of rotatable bonds is 1. The first kappa shape index (κ1) is 7.98. The fourth-order valence-electron chi connectivity index (χ4n) is 1.62. The Morgan fingerprint density at radius 1 is 1.46 bits per heavy atom. The molecule has 0 aliphatic carbocycles. The first-order valence-corrected chi connectivity index (χ1v) is 4.31. The van der Waals surface area contributed by atoms with E-state index in [-0.39, 0.29) is 5.88 Å². The van der Waals surface area contributed by atoms with E-state index < -0.39 is 0 Å². The zero-order valence-electron chi connectivity index (χ0n) is 7.46. The largest absolute Gasteiger partial charge is 0.494 e. The van der Waals surface area contributed by atoms with E-state index >= 15 is 0 Å². The second-order valence-electron chi connectivity index (χ2n) is 3.11. The van der Waals surface area contributed by atoms with E-state index in [0.717, 1.165) is 22.9 Å². The molecule has 2 aromatic rings. The minimum absolute atomic E-state index is 0.253. The molecule has 3 nitrogen and oxygen atoms in total. The lowest BCUT2D eigenvalue weighted by Crippen LogP contribution is -1.83. The maximum absolute atomic E-state index is 9.53. The van der Waals surface area contributed by atoms with Crippen molar-refractivity contribution in [3.05, 3.63) is 23.8 Å². The Hall–Kier alpha value is -1.64. The number of anilines is 1. The van der Waals surface area contributed by atoms with E-state index in [9.17, 15) is 5.11 Å². The van der Waals surface area contributed by atoms with Gasteiger partial charge in [-0.05, 0) is 18.6 Å². The molecular weight excluding hydrogens is 164 g/mol. The summed E-state index contributed by atoms with van der Waals surface area (Å²) in [5.74, 6) is 0.253. The van der Waals surface area contributed by atoms with Crippen LogP contribution in [0.4, 0.5) is 5.69 Å². The summed E-state index contributed by atoms with van der Waals surface area (Å²) in [6.07, 6.45) is 0.815. The van der Waals surface area contributed by atoms with E-state index in [1.807, 2.05) is 25.1 Å². The van der Waals surface area contributed by atoms with Crippen molar-refractivity contribution < 1.29 is 5.11 Å². The van der Waals surface area contributed by atoms with Crippen LogP contribution in [0.15, 0.2) is 18.2 Å². The molecular formula is C10H12N2O. The molecule has 4 N–H and O–H groups in total. The lowest BCUT2D eigenvalue weighted by molar-refractivity contribution is 0.452. The van der Waals surface area contributed by atoms with Crippen LogP contribution in [0.25, 0.3) is 10.9 Å². The quantitative estimate of drug-likeness (QED) is 0.582. The summed E-state index contributed by atoms with van der Waals surface area (Å²) in [6, 6.07) is 5.60. The fraction of sp³-hybridized carbons (Fsp3) is 0.200. The molecule has 0 aliphatic heterocycles. The molecule has 1 aromatic carbocycles. The van der Waals surface area contributed by atoms with Crippen molar-refractivity contribution in [3.8, 4) is 5.88 Å². The molecule has 0 amide bonds. The monoisotopic (exact) mass is 176 g/mol. The third-order valence-electron chi connectivity index (χ3n) is 2.26. The number of hydrogen-bond acceptors (Lipinski definition) is 2. The Balaban J connectivity index is 2.79. The minimum Gasteiger partial charge on any atom is -0.494 e. The molecule has 0 aliphatic rings. The molecule has 0 saturated carbocycles. The number of aromatic hydroxyl groups is 1. The molecule has 13 heavy (non-hydrogen) atoms. The van der Waals surface area contributed by atoms with Gasteiger partial charge in [-0.15, -0.1) is 0 Å². The number of aromatic nitrogens is 1. The Morgan fingerprint density at radius 3 is 2.92 bits per heavy atom. The summed E-state index contributed by atoms with van der Waals surface area (Å²) in [7, 11) is 0. The van der Waals surface area contributed by atoms with Crippen molar-refractivity contribution in [1.82, 2.24) is 4.98 Å². The van der Waals surface area contributed by atoms with Crippen molar-refractivity contribution in [2.24, 2.45) is 0 Å². The molecule has 0 saturated heterocycles. The number of nitrogens with two attached hydrogens (primary N) is 1. The first-order valence-electron chi connectivity index (χ1n) is 4.31. The van der Waals surface area contributed by atoms with Crippen LogP contribution in [0.3, 0.4) is 0 Å². The summed E-state index contributed by atoms with van der Waals surface area (Å²) in [5, 5.41) is 10.6. The van der Waals surface area contributed by atoms with Crippen LogP contribution in [0.5, 0.6) is 5.88 Å². The van der Waals surface area contributed by atoms with Gasteiger partial charge in [0.2, 0.25) is 0 Å². The van der Waals surface area contributed by atoms with E-state index in [2.05, 4.69) is 4.98 Å². The average Bonchev–Trinajstić information content (AvgIpc) is 2.39. The molecule has 0 atom stereocenters. The smallest absolute Gasteiger partial charge is 0.192 e. The first-order chi connectivity index (χ1) is 6.22. The molecule has 0 spiro atoms. The average molecular weight is 176 g/mol. The van der Waals surface area contributed by atoms with Gasteiger partial charge in [0.05, 0.1) is 5.52 Å². The van der Waals surface area contributed by atoms with Crippen molar-refractivity contribution in [2.75, 3.05) is 5.73 Å². The molecule has 3 heteroatoms. The maximum atomic E-state index is 9.53. The van der Waals surface area contributed by atoms with Gasteiger partial charge >= 0.3 is 0 Å². The molecule has 1 heterocycles. The highest BCUT2D eigenvalue weighted by Crippen LogP contribution is 2.28. The Labute approximate surface area is 76.2 Å². The number of H-pyrrole nitrogens is 1. The zero-order valence-corrected chi connectivity index (χ0v) is 7.46. The van der Waals surface area contributed by atoms with Gasteiger partial charge in [-0.2, -0.15) is 0 Å². The highest BCUT2D eigenvalue weighted by Gasteiger charge is 2.07. The van der Waals surface area contributed by atoms with Crippen molar-refractivity contribution in [3.63, 3.8) is 0 Å². The fourth-order valence-corrected chi connectivity index (χ4v) is 1.62. The Morgan fingerprint density at radius 2 is 2.23 bits per heavy atom. The van der Waals surface area contributed by atoms with Crippen LogP contribution in [0.1, 0.15) is 12.5 Å². The third-order valence-corrected chi connectivity index (χ3v) is 2.26. The Bertz CT molecular complexity index is 445. The summed E-state index contributed by atoms with van der Waals surface area (Å²) in [4.78, 5) is 2.89. The predicted molar refractivity (Wildman–Crippen MR) is 53.8 cm³/mol. The van der Waals surface area contributed by atoms with Crippen molar-refractivity contribution >= 4 is 16.6 Å². The van der Waals surface area contributed by atoms with Crippen LogP contribution >= 0.6 is 0 Å². The lowest BCUT2D eigenvalue weighted by Gasteiger charge is -1.94.